The number of benzene rings is 2. The standard InChI is InChI=1S/C37H48N10O2S/c1-9-11-21-38-26-17-13-24(14-18-26)32-39-34-28(30(36(3,4)5)41-46(34)43-32)23-29-31(37(6,7)8)42-47-35(29)40-33(44-47)25-15-19-27(20-16-25)45-50(48,49)22-12-10-2/h13-20,23,38,42,45H,9-12,21-22H2,1-8H3/b28-23-. The number of hydrogen-bond donors (Lipinski definition) is 3. The Hall–Kier alpha value is -4.78. The lowest BCUT2D eigenvalue weighted by molar-refractivity contribution is 0.553. The monoisotopic (exact) mass is 696 g/mol. The number of nitrogens with one attached hydrogen (secondary N) is 3. The van der Waals surface area contributed by atoms with Gasteiger partial charge in [-0.1, -0.05) is 68.2 Å². The first kappa shape index (κ1) is 35.1. The number of rotatable bonds is 12. The van der Waals surface area contributed by atoms with Crippen LogP contribution >= 0.6 is 0 Å². The van der Waals surface area contributed by atoms with Crippen molar-refractivity contribution >= 4 is 38.8 Å². The van der Waals surface area contributed by atoms with Crippen molar-refractivity contribution in [2.45, 2.75) is 91.9 Å². The van der Waals surface area contributed by atoms with Crippen molar-refractivity contribution in [2.24, 2.45) is 0 Å². The molecule has 4 heterocycles. The smallest absolute Gasteiger partial charge is 0.232 e. The van der Waals surface area contributed by atoms with Gasteiger partial charge < -0.3 is 5.32 Å². The second-order valence-corrected chi connectivity index (χ2v) is 16.8. The Bertz CT molecular complexity index is 2270. The Morgan fingerprint density at radius 1 is 0.760 bits per heavy atom. The summed E-state index contributed by atoms with van der Waals surface area (Å²) in [4.78, 5) is 10.00. The zero-order valence-corrected chi connectivity index (χ0v) is 31.1. The van der Waals surface area contributed by atoms with Crippen LogP contribution in [-0.4, -0.2) is 60.3 Å². The molecule has 0 amide bonds. The first-order valence-corrected chi connectivity index (χ1v) is 19.1. The summed E-state index contributed by atoms with van der Waals surface area (Å²) in [5.41, 5.74) is 6.81. The van der Waals surface area contributed by atoms with E-state index in [1.54, 1.807) is 21.4 Å². The van der Waals surface area contributed by atoms with Crippen LogP contribution in [-0.2, 0) is 20.9 Å². The van der Waals surface area contributed by atoms with Crippen LogP contribution in [0.3, 0.4) is 0 Å². The Morgan fingerprint density at radius 2 is 1.36 bits per heavy atom. The first-order chi connectivity index (χ1) is 23.7. The molecule has 6 aromatic rings. The van der Waals surface area contributed by atoms with Crippen molar-refractivity contribution in [2.75, 3.05) is 22.3 Å². The molecular formula is C37H48N10O2S. The molecule has 0 aliphatic carbocycles. The number of aromatic nitrogens is 8. The first-order valence-electron chi connectivity index (χ1n) is 17.4. The highest BCUT2D eigenvalue weighted by atomic mass is 32.2. The maximum atomic E-state index is 12.4. The molecule has 3 N–H and O–H groups in total. The van der Waals surface area contributed by atoms with E-state index in [1.165, 1.54) is 0 Å². The summed E-state index contributed by atoms with van der Waals surface area (Å²) in [6, 6.07) is 15.3. The molecule has 4 aromatic heterocycles. The summed E-state index contributed by atoms with van der Waals surface area (Å²) < 4.78 is 30.8. The third-order valence-corrected chi connectivity index (χ3v) is 9.92. The van der Waals surface area contributed by atoms with Crippen molar-refractivity contribution in [3.63, 3.8) is 0 Å². The third kappa shape index (κ3) is 7.37. The van der Waals surface area contributed by atoms with Gasteiger partial charge in [0.2, 0.25) is 10.0 Å². The highest BCUT2D eigenvalue weighted by Crippen LogP contribution is 2.30. The summed E-state index contributed by atoms with van der Waals surface area (Å²) in [5.74, 6) is 1.22. The Balaban J connectivity index is 1.42. The van der Waals surface area contributed by atoms with E-state index < -0.39 is 10.0 Å². The Kier molecular flexibility index (Phi) is 9.47. The minimum atomic E-state index is -3.40. The molecule has 6 rings (SSSR count). The number of unbranched alkanes of at least 4 members (excludes halogenated alkanes) is 2. The zero-order chi connectivity index (χ0) is 35.8. The van der Waals surface area contributed by atoms with Gasteiger partial charge in [-0.15, -0.1) is 14.8 Å². The van der Waals surface area contributed by atoms with E-state index in [-0.39, 0.29) is 16.6 Å². The number of sulfonamides is 1. The summed E-state index contributed by atoms with van der Waals surface area (Å²) >= 11 is 0. The molecule has 0 saturated heterocycles. The molecule has 13 heteroatoms. The van der Waals surface area contributed by atoms with Gasteiger partial charge >= 0.3 is 0 Å². The third-order valence-electron chi connectivity index (χ3n) is 8.55. The second-order valence-electron chi connectivity index (χ2n) is 14.9. The summed E-state index contributed by atoms with van der Waals surface area (Å²) in [6.45, 7) is 18.0. The summed E-state index contributed by atoms with van der Waals surface area (Å²) in [5, 5.41) is 22.4. The van der Waals surface area contributed by atoms with Gasteiger partial charge in [-0.3, -0.25) is 9.82 Å². The Morgan fingerprint density at radius 3 is 1.96 bits per heavy atom. The molecule has 0 saturated carbocycles. The topological polar surface area (TPSA) is 147 Å². The molecule has 50 heavy (non-hydrogen) atoms. The SMILES string of the molecule is CCCCNc1ccc(-c2nc3/c(=C\c4c(C(C)(C)C)[nH]n5nc(-c6ccc(NS(=O)(=O)CCCC)cc6)nc45)c(C(C)(C)C)nn3n2)cc1. The second kappa shape index (κ2) is 13.5. The molecule has 2 aromatic carbocycles. The van der Waals surface area contributed by atoms with Crippen LogP contribution in [0.15, 0.2) is 48.5 Å². The van der Waals surface area contributed by atoms with Gasteiger partial charge in [-0.2, -0.15) is 9.73 Å². The van der Waals surface area contributed by atoms with Crippen LogP contribution in [0.5, 0.6) is 0 Å². The summed E-state index contributed by atoms with van der Waals surface area (Å²) in [7, 11) is -3.40. The van der Waals surface area contributed by atoms with Crippen molar-refractivity contribution < 1.29 is 8.42 Å². The molecule has 0 atom stereocenters. The maximum absolute atomic E-state index is 12.4. The fourth-order valence-electron chi connectivity index (χ4n) is 5.82. The number of nitrogens with zero attached hydrogens (tertiary/aromatic N) is 7. The van der Waals surface area contributed by atoms with E-state index in [4.69, 9.17) is 25.3 Å². The molecule has 264 valence electrons. The molecule has 0 spiro atoms. The molecule has 0 bridgehead atoms. The average Bonchev–Trinajstić information content (AvgIpc) is 3.81. The molecule has 0 fully saturated rings. The number of hydrogen-bond acceptors (Lipinski definition) is 8. The lowest BCUT2D eigenvalue weighted by Crippen LogP contribution is -2.22. The van der Waals surface area contributed by atoms with Gasteiger partial charge in [-0.25, -0.2) is 18.4 Å². The van der Waals surface area contributed by atoms with E-state index in [0.717, 1.165) is 64.8 Å². The van der Waals surface area contributed by atoms with Crippen molar-refractivity contribution in [3.05, 3.63) is 70.7 Å². The fourth-order valence-corrected chi connectivity index (χ4v) is 7.09. The quantitative estimate of drug-likeness (QED) is 0.119. The molecule has 0 aliphatic rings. The molecule has 0 unspecified atom stereocenters. The normalized spacial score (nSPS) is 13.2. The van der Waals surface area contributed by atoms with Gasteiger partial charge in [0.15, 0.2) is 22.9 Å². The van der Waals surface area contributed by atoms with Gasteiger partial charge in [0.1, 0.15) is 0 Å². The summed E-state index contributed by atoms with van der Waals surface area (Å²) in [6.07, 6.45) is 5.81. The van der Waals surface area contributed by atoms with Gasteiger partial charge in [-0.05, 0) is 67.4 Å². The van der Waals surface area contributed by atoms with Crippen LogP contribution in [0.25, 0.3) is 40.1 Å². The van der Waals surface area contributed by atoms with Crippen LogP contribution in [0, 0.1) is 0 Å². The highest BCUT2D eigenvalue weighted by molar-refractivity contribution is 7.92. The zero-order valence-electron chi connectivity index (χ0n) is 30.3. The van der Waals surface area contributed by atoms with Gasteiger partial charge in [0.05, 0.1) is 17.1 Å². The van der Waals surface area contributed by atoms with Crippen molar-refractivity contribution in [1.82, 2.24) is 39.6 Å². The number of fused-ring (bicyclic) bond motifs is 2. The lowest BCUT2D eigenvalue weighted by Gasteiger charge is -2.18. The molecule has 12 nitrogen and oxygen atoms in total. The number of aromatic amines is 1. The lowest BCUT2D eigenvalue weighted by atomic mass is 9.88. The van der Waals surface area contributed by atoms with Crippen LogP contribution < -0.4 is 15.3 Å². The van der Waals surface area contributed by atoms with Crippen molar-refractivity contribution in [1.29, 1.82) is 0 Å². The van der Waals surface area contributed by atoms with E-state index in [2.05, 4.69) is 81.8 Å². The molecule has 0 radical (unpaired) electrons. The van der Waals surface area contributed by atoms with Crippen LogP contribution in [0.2, 0.25) is 0 Å². The molecular weight excluding hydrogens is 649 g/mol. The van der Waals surface area contributed by atoms with E-state index in [0.29, 0.717) is 35.1 Å². The highest BCUT2D eigenvalue weighted by Gasteiger charge is 2.28. The predicted octanol–water partition coefficient (Wildman–Crippen LogP) is 6.73. The van der Waals surface area contributed by atoms with E-state index in [9.17, 15) is 8.42 Å². The fraction of sp³-hybridized carbons (Fsp3) is 0.432. The van der Waals surface area contributed by atoms with Gasteiger partial charge in [0, 0.05) is 50.7 Å². The Labute approximate surface area is 293 Å². The number of H-pyrrole nitrogens is 1. The van der Waals surface area contributed by atoms with Crippen LogP contribution in [0.4, 0.5) is 11.4 Å². The van der Waals surface area contributed by atoms with Crippen molar-refractivity contribution in [3.8, 4) is 22.8 Å². The molecule has 0 aliphatic heterocycles. The maximum Gasteiger partial charge on any atom is 0.232 e. The minimum Gasteiger partial charge on any atom is -0.385 e. The largest absolute Gasteiger partial charge is 0.385 e. The van der Waals surface area contributed by atoms with E-state index >= 15 is 0 Å². The van der Waals surface area contributed by atoms with Crippen LogP contribution in [0.1, 0.15) is 98.0 Å². The number of anilines is 2. The average molecular weight is 697 g/mol. The minimum absolute atomic E-state index is 0.0935. The predicted molar refractivity (Wildman–Crippen MR) is 201 cm³/mol. The van der Waals surface area contributed by atoms with E-state index in [1.807, 2.05) is 31.2 Å². The van der Waals surface area contributed by atoms with Gasteiger partial charge in [0.25, 0.3) is 0 Å².